The van der Waals surface area contributed by atoms with E-state index in [-0.39, 0.29) is 6.04 Å². The highest BCUT2D eigenvalue weighted by atomic mass is 32.1. The molecule has 23 heavy (non-hydrogen) atoms. The molecule has 0 unspecified atom stereocenters. The minimum atomic E-state index is -0.759. The molecular weight excluding hydrogens is 317 g/mol. The Bertz CT molecular complexity index is 605. The second-order valence-corrected chi connectivity index (χ2v) is 6.98. The number of aryl methyl sites for hydroxylation is 1. The molecule has 0 bridgehead atoms. The first-order valence-electron chi connectivity index (χ1n) is 7.90. The summed E-state index contributed by atoms with van der Waals surface area (Å²) in [7, 11) is 2.01. The van der Waals surface area contributed by atoms with Gasteiger partial charge in [-0.2, -0.15) is 4.98 Å². The molecule has 6 nitrogen and oxygen atoms in total. The van der Waals surface area contributed by atoms with Crippen LogP contribution in [0, 0.1) is 0 Å². The Morgan fingerprint density at radius 3 is 3.09 bits per heavy atom. The first-order valence-corrected chi connectivity index (χ1v) is 8.78. The number of halogens is 1. The molecule has 0 saturated carbocycles. The Hall–Kier alpha value is -1.38. The topological polar surface area (TPSA) is 58.3 Å². The predicted molar refractivity (Wildman–Crippen MR) is 85.8 cm³/mol. The molecule has 2 aromatic heterocycles. The summed E-state index contributed by atoms with van der Waals surface area (Å²) in [6.45, 7) is 4.58. The fraction of sp³-hybridized carbons (Fsp3) is 0.667. The molecule has 0 amide bonds. The minimum absolute atomic E-state index is 0.191. The molecule has 0 aliphatic carbocycles. The van der Waals surface area contributed by atoms with Gasteiger partial charge in [0, 0.05) is 37.1 Å². The van der Waals surface area contributed by atoms with Gasteiger partial charge in [-0.15, -0.1) is 11.3 Å². The van der Waals surface area contributed by atoms with Gasteiger partial charge in [0.25, 0.3) is 0 Å². The molecule has 1 saturated heterocycles. The smallest absolute Gasteiger partial charge is 0.226 e. The normalized spacial score (nSPS) is 22.3. The molecule has 126 valence electrons. The summed E-state index contributed by atoms with van der Waals surface area (Å²) in [5.74, 6) is 1.34. The number of aromatic nitrogens is 3. The minimum Gasteiger partial charge on any atom is -0.339 e. The number of likely N-dealkylation sites (N-methyl/N-ethyl adjacent to an activating group) is 1. The molecule has 0 aromatic carbocycles. The number of hydrogen-bond acceptors (Lipinski definition) is 7. The van der Waals surface area contributed by atoms with Crippen molar-refractivity contribution in [3.05, 3.63) is 28.3 Å². The summed E-state index contributed by atoms with van der Waals surface area (Å²) < 4.78 is 19.0. The number of alkyl halides is 1. The molecule has 1 fully saturated rings. The van der Waals surface area contributed by atoms with Crippen molar-refractivity contribution in [2.45, 2.75) is 45.1 Å². The number of nitrogens with zero attached hydrogens (tertiary/aromatic N) is 5. The van der Waals surface area contributed by atoms with Crippen LogP contribution in [0.2, 0.25) is 0 Å². The Morgan fingerprint density at radius 2 is 2.39 bits per heavy atom. The Morgan fingerprint density at radius 1 is 1.52 bits per heavy atom. The molecule has 2 aromatic rings. The predicted octanol–water partition coefficient (Wildman–Crippen LogP) is 2.13. The average molecular weight is 339 g/mol. The average Bonchev–Trinajstić information content (AvgIpc) is 3.22. The van der Waals surface area contributed by atoms with Crippen LogP contribution in [0.15, 0.2) is 16.1 Å². The first kappa shape index (κ1) is 16.5. The third-order valence-electron chi connectivity index (χ3n) is 4.05. The van der Waals surface area contributed by atoms with E-state index in [0.717, 1.165) is 24.5 Å². The van der Waals surface area contributed by atoms with Gasteiger partial charge in [-0.1, -0.05) is 12.1 Å². The van der Waals surface area contributed by atoms with Gasteiger partial charge in [0.15, 0.2) is 5.82 Å². The lowest BCUT2D eigenvalue weighted by Gasteiger charge is -2.27. The van der Waals surface area contributed by atoms with Crippen molar-refractivity contribution in [2.75, 3.05) is 20.1 Å². The summed E-state index contributed by atoms with van der Waals surface area (Å²) in [5, 5.41) is 6.97. The lowest BCUT2D eigenvalue weighted by Crippen LogP contribution is -2.38. The SMILES string of the molecule is CCc1nc(CN(C)C[C@@H]2C[C@H](F)CN2Cc2nccs2)no1. The van der Waals surface area contributed by atoms with Gasteiger partial charge in [0.2, 0.25) is 5.89 Å². The largest absolute Gasteiger partial charge is 0.339 e. The zero-order chi connectivity index (χ0) is 16.2. The lowest BCUT2D eigenvalue weighted by molar-refractivity contribution is 0.178. The second kappa shape index (κ2) is 7.46. The number of likely N-dealkylation sites (tertiary alicyclic amines) is 1. The van der Waals surface area contributed by atoms with Crippen LogP contribution >= 0.6 is 11.3 Å². The quantitative estimate of drug-likeness (QED) is 0.770. The van der Waals surface area contributed by atoms with Crippen molar-refractivity contribution in [3.8, 4) is 0 Å². The highest BCUT2D eigenvalue weighted by Gasteiger charge is 2.33. The number of thiazole rings is 1. The Kier molecular flexibility index (Phi) is 5.34. The molecule has 1 aliphatic rings. The molecule has 1 aliphatic heterocycles. The van der Waals surface area contributed by atoms with Crippen molar-refractivity contribution in [2.24, 2.45) is 0 Å². The first-order chi connectivity index (χ1) is 11.1. The zero-order valence-electron chi connectivity index (χ0n) is 13.5. The lowest BCUT2D eigenvalue weighted by atomic mass is 10.2. The fourth-order valence-corrected chi connectivity index (χ4v) is 3.62. The van der Waals surface area contributed by atoms with Crippen LogP contribution in [0.25, 0.3) is 0 Å². The van der Waals surface area contributed by atoms with E-state index in [1.165, 1.54) is 0 Å². The van der Waals surface area contributed by atoms with Crippen LogP contribution < -0.4 is 0 Å². The van der Waals surface area contributed by atoms with Crippen molar-refractivity contribution in [3.63, 3.8) is 0 Å². The van der Waals surface area contributed by atoms with Crippen molar-refractivity contribution >= 4 is 11.3 Å². The van der Waals surface area contributed by atoms with Gasteiger partial charge >= 0.3 is 0 Å². The van der Waals surface area contributed by atoms with Crippen LogP contribution in [-0.2, 0) is 19.5 Å². The van der Waals surface area contributed by atoms with E-state index in [0.29, 0.717) is 31.2 Å². The van der Waals surface area contributed by atoms with E-state index in [4.69, 9.17) is 4.52 Å². The van der Waals surface area contributed by atoms with Crippen molar-refractivity contribution < 1.29 is 8.91 Å². The molecular formula is C15H22FN5OS. The maximum atomic E-state index is 13.9. The van der Waals surface area contributed by atoms with Gasteiger partial charge in [0.05, 0.1) is 13.1 Å². The van der Waals surface area contributed by atoms with E-state index < -0.39 is 6.17 Å². The fourth-order valence-electron chi connectivity index (χ4n) is 2.97. The number of hydrogen-bond donors (Lipinski definition) is 0. The summed E-state index contributed by atoms with van der Waals surface area (Å²) >= 11 is 1.62. The monoisotopic (exact) mass is 339 g/mol. The molecule has 3 heterocycles. The van der Waals surface area contributed by atoms with Crippen LogP contribution in [0.1, 0.15) is 30.1 Å². The van der Waals surface area contributed by atoms with Gasteiger partial charge in [-0.3, -0.25) is 9.80 Å². The van der Waals surface area contributed by atoms with Crippen LogP contribution in [-0.4, -0.2) is 57.3 Å². The van der Waals surface area contributed by atoms with Crippen LogP contribution in [0.5, 0.6) is 0 Å². The van der Waals surface area contributed by atoms with E-state index in [1.54, 1.807) is 17.5 Å². The highest BCUT2D eigenvalue weighted by Crippen LogP contribution is 2.24. The van der Waals surface area contributed by atoms with E-state index in [2.05, 4.69) is 24.9 Å². The van der Waals surface area contributed by atoms with Gasteiger partial charge in [0.1, 0.15) is 11.2 Å². The molecule has 0 radical (unpaired) electrons. The van der Waals surface area contributed by atoms with Crippen molar-refractivity contribution in [1.29, 1.82) is 0 Å². The third-order valence-corrected chi connectivity index (χ3v) is 4.81. The van der Waals surface area contributed by atoms with E-state index >= 15 is 0 Å². The van der Waals surface area contributed by atoms with Gasteiger partial charge < -0.3 is 4.52 Å². The van der Waals surface area contributed by atoms with E-state index in [9.17, 15) is 4.39 Å². The maximum absolute atomic E-state index is 13.9. The summed E-state index contributed by atoms with van der Waals surface area (Å²) in [6.07, 6.45) is 2.35. The summed E-state index contributed by atoms with van der Waals surface area (Å²) in [4.78, 5) is 12.9. The van der Waals surface area contributed by atoms with Gasteiger partial charge in [-0.05, 0) is 13.5 Å². The molecule has 0 N–H and O–H groups in total. The zero-order valence-corrected chi connectivity index (χ0v) is 14.3. The molecule has 2 atom stereocenters. The molecule has 3 rings (SSSR count). The molecule has 0 spiro atoms. The van der Waals surface area contributed by atoms with Crippen LogP contribution in [0.4, 0.5) is 4.39 Å². The molecule has 8 heteroatoms. The maximum Gasteiger partial charge on any atom is 0.226 e. The summed E-state index contributed by atoms with van der Waals surface area (Å²) in [5.41, 5.74) is 0. The number of rotatable bonds is 7. The Labute approximate surface area is 139 Å². The second-order valence-electron chi connectivity index (χ2n) is 6.00. The van der Waals surface area contributed by atoms with Gasteiger partial charge in [-0.25, -0.2) is 9.37 Å². The highest BCUT2D eigenvalue weighted by molar-refractivity contribution is 7.09. The van der Waals surface area contributed by atoms with E-state index in [1.807, 2.05) is 19.4 Å². The third kappa shape index (κ3) is 4.33. The standard InChI is InChI=1S/C15H22FN5OS/c1-3-14-18-13(19-22-14)9-20(2)8-12-6-11(16)7-21(12)10-15-17-4-5-23-15/h4-5,11-12H,3,6-10H2,1-2H3/t11-,12-/m0/s1. The van der Waals surface area contributed by atoms with Crippen molar-refractivity contribution in [1.82, 2.24) is 24.9 Å². The summed E-state index contributed by atoms with van der Waals surface area (Å²) in [6, 6.07) is 0.191. The van der Waals surface area contributed by atoms with Crippen LogP contribution in [0.3, 0.4) is 0 Å². The Balaban J connectivity index is 1.56.